The Morgan fingerprint density at radius 3 is 2.86 bits per heavy atom. The maximum absolute atomic E-state index is 11.8. The van der Waals surface area contributed by atoms with E-state index in [-0.39, 0.29) is 18.6 Å². The molecule has 1 aliphatic rings. The molecule has 0 saturated carbocycles. The minimum absolute atomic E-state index is 0.0201. The summed E-state index contributed by atoms with van der Waals surface area (Å²) < 4.78 is 5.40. The predicted octanol–water partition coefficient (Wildman–Crippen LogP) is 0.396. The lowest BCUT2D eigenvalue weighted by Gasteiger charge is -2.28. The molecular weight excluding hydrogens is 182 g/mol. The summed E-state index contributed by atoms with van der Waals surface area (Å²) in [4.78, 5) is 13.5. The first kappa shape index (κ1) is 11.5. The zero-order chi connectivity index (χ0) is 10.4. The zero-order valence-corrected chi connectivity index (χ0v) is 8.74. The van der Waals surface area contributed by atoms with Crippen LogP contribution in [0.1, 0.15) is 26.2 Å². The summed E-state index contributed by atoms with van der Waals surface area (Å²) in [6.45, 7) is 3.67. The maximum atomic E-state index is 11.8. The second-order valence-electron chi connectivity index (χ2n) is 3.50. The Labute approximate surface area is 84.8 Å². The summed E-state index contributed by atoms with van der Waals surface area (Å²) in [5, 5.41) is 8.78. The van der Waals surface area contributed by atoms with Crippen LogP contribution in [-0.2, 0) is 9.53 Å². The molecule has 0 bridgehead atoms. The number of aliphatic hydroxyl groups is 1. The lowest BCUT2D eigenvalue weighted by molar-refractivity contribution is -0.146. The molecular formula is C10H19NO3. The number of carbonyl (C=O) groups is 1. The van der Waals surface area contributed by atoms with E-state index in [9.17, 15) is 4.79 Å². The van der Waals surface area contributed by atoms with Crippen molar-refractivity contribution < 1.29 is 14.6 Å². The molecule has 0 radical (unpaired) electrons. The summed E-state index contributed by atoms with van der Waals surface area (Å²) >= 11 is 0. The van der Waals surface area contributed by atoms with Gasteiger partial charge in [-0.05, 0) is 26.2 Å². The van der Waals surface area contributed by atoms with Gasteiger partial charge in [0.05, 0.1) is 6.61 Å². The van der Waals surface area contributed by atoms with Crippen LogP contribution in [0.4, 0.5) is 0 Å². The first-order valence-electron chi connectivity index (χ1n) is 5.30. The Balaban J connectivity index is 2.43. The number of rotatable bonds is 4. The molecule has 1 atom stereocenters. The van der Waals surface area contributed by atoms with Crippen LogP contribution in [0, 0.1) is 0 Å². The second-order valence-corrected chi connectivity index (χ2v) is 3.50. The Bertz CT molecular complexity index is 171. The van der Waals surface area contributed by atoms with Crippen LogP contribution in [0.2, 0.25) is 0 Å². The van der Waals surface area contributed by atoms with Crippen molar-refractivity contribution in [1.29, 1.82) is 0 Å². The van der Waals surface area contributed by atoms with E-state index in [2.05, 4.69) is 0 Å². The maximum Gasteiger partial charge on any atom is 0.251 e. The SMILES string of the molecule is CCN(CCO)C(=O)C1CCCCO1. The molecule has 0 spiro atoms. The van der Waals surface area contributed by atoms with Crippen molar-refractivity contribution in [3.8, 4) is 0 Å². The van der Waals surface area contributed by atoms with Crippen LogP contribution in [0.3, 0.4) is 0 Å². The van der Waals surface area contributed by atoms with Gasteiger partial charge in [0.1, 0.15) is 6.10 Å². The van der Waals surface area contributed by atoms with Gasteiger partial charge in [-0.1, -0.05) is 0 Å². The highest BCUT2D eigenvalue weighted by Gasteiger charge is 2.25. The zero-order valence-electron chi connectivity index (χ0n) is 8.74. The van der Waals surface area contributed by atoms with Crippen LogP contribution in [-0.4, -0.2) is 48.3 Å². The minimum atomic E-state index is -0.268. The van der Waals surface area contributed by atoms with E-state index in [0.29, 0.717) is 19.7 Å². The molecule has 4 nitrogen and oxygen atoms in total. The molecule has 1 heterocycles. The number of nitrogens with zero attached hydrogens (tertiary/aromatic N) is 1. The predicted molar refractivity (Wildman–Crippen MR) is 52.9 cm³/mol. The van der Waals surface area contributed by atoms with Gasteiger partial charge in [-0.15, -0.1) is 0 Å². The summed E-state index contributed by atoms with van der Waals surface area (Å²) in [7, 11) is 0. The number of hydrogen-bond donors (Lipinski definition) is 1. The number of aliphatic hydroxyl groups excluding tert-OH is 1. The van der Waals surface area contributed by atoms with Crippen LogP contribution in [0.5, 0.6) is 0 Å². The van der Waals surface area contributed by atoms with Crippen LogP contribution in [0.15, 0.2) is 0 Å². The number of amides is 1. The molecule has 1 rings (SSSR count). The standard InChI is InChI=1S/C10H19NO3/c1-2-11(6-7-12)10(13)9-5-3-4-8-14-9/h9,12H,2-8H2,1H3. The molecule has 0 aliphatic carbocycles. The van der Waals surface area contributed by atoms with Crippen LogP contribution < -0.4 is 0 Å². The highest BCUT2D eigenvalue weighted by Crippen LogP contribution is 2.14. The fraction of sp³-hybridized carbons (Fsp3) is 0.900. The quantitative estimate of drug-likeness (QED) is 0.716. The van der Waals surface area contributed by atoms with Gasteiger partial charge < -0.3 is 14.7 Å². The number of ether oxygens (including phenoxy) is 1. The van der Waals surface area contributed by atoms with E-state index < -0.39 is 0 Å². The molecule has 0 aromatic rings. The van der Waals surface area contributed by atoms with Crippen molar-refractivity contribution in [2.24, 2.45) is 0 Å². The van der Waals surface area contributed by atoms with E-state index >= 15 is 0 Å². The van der Waals surface area contributed by atoms with Crippen LogP contribution >= 0.6 is 0 Å². The average Bonchev–Trinajstić information content (AvgIpc) is 2.26. The highest BCUT2D eigenvalue weighted by molar-refractivity contribution is 5.81. The molecule has 1 aliphatic heterocycles. The first-order valence-corrected chi connectivity index (χ1v) is 5.30. The Hall–Kier alpha value is -0.610. The van der Waals surface area contributed by atoms with Gasteiger partial charge >= 0.3 is 0 Å². The molecule has 14 heavy (non-hydrogen) atoms. The minimum Gasteiger partial charge on any atom is -0.395 e. The fourth-order valence-electron chi connectivity index (χ4n) is 1.68. The summed E-state index contributed by atoms with van der Waals surface area (Å²) in [5.74, 6) is 0.0289. The van der Waals surface area contributed by atoms with Crippen LogP contribution in [0.25, 0.3) is 0 Å². The molecule has 1 saturated heterocycles. The summed E-state index contributed by atoms with van der Waals surface area (Å²) in [5.41, 5.74) is 0. The highest BCUT2D eigenvalue weighted by atomic mass is 16.5. The summed E-state index contributed by atoms with van der Waals surface area (Å²) in [6.07, 6.45) is 2.67. The molecule has 82 valence electrons. The van der Waals surface area contributed by atoms with Gasteiger partial charge in [0.15, 0.2) is 0 Å². The van der Waals surface area contributed by atoms with Crippen molar-refractivity contribution in [2.75, 3.05) is 26.3 Å². The average molecular weight is 201 g/mol. The van der Waals surface area contributed by atoms with Gasteiger partial charge in [-0.25, -0.2) is 0 Å². The lowest BCUT2D eigenvalue weighted by atomic mass is 10.1. The van der Waals surface area contributed by atoms with E-state index in [1.54, 1.807) is 4.90 Å². The van der Waals surface area contributed by atoms with Gasteiger partial charge in [0.25, 0.3) is 5.91 Å². The third-order valence-electron chi connectivity index (χ3n) is 2.52. The van der Waals surface area contributed by atoms with Crippen molar-refractivity contribution in [3.05, 3.63) is 0 Å². The molecule has 1 amide bonds. The third-order valence-corrected chi connectivity index (χ3v) is 2.52. The largest absolute Gasteiger partial charge is 0.395 e. The Kier molecular flexibility index (Phi) is 4.90. The van der Waals surface area contributed by atoms with Gasteiger partial charge in [-0.2, -0.15) is 0 Å². The molecule has 1 unspecified atom stereocenters. The lowest BCUT2D eigenvalue weighted by Crippen LogP contribution is -2.43. The van der Waals surface area contributed by atoms with Crippen molar-refractivity contribution in [2.45, 2.75) is 32.3 Å². The van der Waals surface area contributed by atoms with E-state index in [1.165, 1.54) is 0 Å². The topological polar surface area (TPSA) is 49.8 Å². The van der Waals surface area contributed by atoms with Gasteiger partial charge in [-0.3, -0.25) is 4.79 Å². The van der Waals surface area contributed by atoms with Gasteiger partial charge in [0, 0.05) is 19.7 Å². The number of likely N-dealkylation sites (N-methyl/N-ethyl adjacent to an activating group) is 1. The molecule has 0 aromatic heterocycles. The summed E-state index contributed by atoms with van der Waals surface area (Å²) in [6, 6.07) is 0. The number of hydrogen-bond acceptors (Lipinski definition) is 3. The van der Waals surface area contributed by atoms with E-state index in [4.69, 9.17) is 9.84 Å². The smallest absolute Gasteiger partial charge is 0.251 e. The number of carbonyl (C=O) groups excluding carboxylic acids is 1. The molecule has 1 N–H and O–H groups in total. The monoisotopic (exact) mass is 201 g/mol. The molecule has 4 heteroatoms. The van der Waals surface area contributed by atoms with Crippen molar-refractivity contribution in [3.63, 3.8) is 0 Å². The normalized spacial score (nSPS) is 22.0. The van der Waals surface area contributed by atoms with Crippen molar-refractivity contribution in [1.82, 2.24) is 4.90 Å². The van der Waals surface area contributed by atoms with E-state index in [0.717, 1.165) is 19.3 Å². The third kappa shape index (κ3) is 2.96. The van der Waals surface area contributed by atoms with Crippen molar-refractivity contribution >= 4 is 5.91 Å². The first-order chi connectivity index (χ1) is 6.79. The fourth-order valence-corrected chi connectivity index (χ4v) is 1.68. The molecule has 1 fully saturated rings. The van der Waals surface area contributed by atoms with E-state index in [1.807, 2.05) is 6.92 Å². The van der Waals surface area contributed by atoms with Gasteiger partial charge in [0.2, 0.25) is 0 Å². The second kappa shape index (κ2) is 5.98. The molecule has 0 aromatic carbocycles. The Morgan fingerprint density at radius 1 is 1.57 bits per heavy atom. The Morgan fingerprint density at radius 2 is 2.36 bits per heavy atom.